The molecule has 1 aromatic carbocycles. The molecule has 22 heavy (non-hydrogen) atoms. The average Bonchev–Trinajstić information content (AvgIpc) is 2.51. The summed E-state index contributed by atoms with van der Waals surface area (Å²) in [5, 5.41) is 10.6. The first-order valence-corrected chi connectivity index (χ1v) is 7.72. The number of carbonyl (C=O) groups is 2. The first kappa shape index (κ1) is 18.2. The number of carbonyl (C=O) groups excluding carboxylic acids is 2. The van der Waals surface area contributed by atoms with Crippen molar-refractivity contribution in [3.63, 3.8) is 0 Å². The molecule has 1 unspecified atom stereocenters. The van der Waals surface area contributed by atoms with E-state index in [-0.39, 0.29) is 18.8 Å². The van der Waals surface area contributed by atoms with E-state index in [9.17, 15) is 14.8 Å². The SMILES string of the molecule is CCCCCC(CC(C)=O)N(O)C(=O)OCc1ccccc1. The first-order chi connectivity index (χ1) is 10.5. The molecular formula is C17H25NO4. The second-order valence-corrected chi connectivity index (χ2v) is 5.44. The van der Waals surface area contributed by atoms with Crippen molar-refractivity contribution < 1.29 is 19.5 Å². The van der Waals surface area contributed by atoms with Gasteiger partial charge in [0.2, 0.25) is 0 Å². The highest BCUT2D eigenvalue weighted by molar-refractivity contribution is 5.77. The fraction of sp³-hybridized carbons (Fsp3) is 0.529. The summed E-state index contributed by atoms with van der Waals surface area (Å²) in [6, 6.07) is 8.73. The van der Waals surface area contributed by atoms with Crippen LogP contribution in [0.5, 0.6) is 0 Å². The summed E-state index contributed by atoms with van der Waals surface area (Å²) < 4.78 is 5.08. The molecule has 0 aromatic heterocycles. The molecule has 0 radical (unpaired) electrons. The largest absolute Gasteiger partial charge is 0.443 e. The van der Waals surface area contributed by atoms with Gasteiger partial charge in [-0.05, 0) is 18.9 Å². The Morgan fingerprint density at radius 3 is 2.50 bits per heavy atom. The molecule has 0 bridgehead atoms. The fourth-order valence-electron chi connectivity index (χ4n) is 2.21. The van der Waals surface area contributed by atoms with Crippen molar-refractivity contribution >= 4 is 11.9 Å². The van der Waals surface area contributed by atoms with Crippen molar-refractivity contribution in [1.82, 2.24) is 5.06 Å². The summed E-state index contributed by atoms with van der Waals surface area (Å²) in [6.07, 6.45) is 2.81. The van der Waals surface area contributed by atoms with Crippen LogP contribution in [0.15, 0.2) is 30.3 Å². The van der Waals surface area contributed by atoms with Crippen molar-refractivity contribution in [2.24, 2.45) is 0 Å². The monoisotopic (exact) mass is 307 g/mol. The minimum Gasteiger partial charge on any atom is -0.443 e. The number of ketones is 1. The van der Waals surface area contributed by atoms with Gasteiger partial charge in [-0.1, -0.05) is 56.5 Å². The number of nitrogens with zero attached hydrogens (tertiary/aromatic N) is 1. The van der Waals surface area contributed by atoms with E-state index in [4.69, 9.17) is 4.74 Å². The molecule has 0 heterocycles. The van der Waals surface area contributed by atoms with Crippen molar-refractivity contribution in [2.45, 2.75) is 58.6 Å². The number of hydrogen-bond donors (Lipinski definition) is 1. The maximum Gasteiger partial charge on any atom is 0.434 e. The van der Waals surface area contributed by atoms with Crippen LogP contribution in [-0.4, -0.2) is 28.2 Å². The van der Waals surface area contributed by atoms with Crippen LogP contribution in [0.2, 0.25) is 0 Å². The number of hydrogen-bond acceptors (Lipinski definition) is 4. The van der Waals surface area contributed by atoms with E-state index in [0.29, 0.717) is 11.5 Å². The Morgan fingerprint density at radius 1 is 1.23 bits per heavy atom. The highest BCUT2D eigenvalue weighted by atomic mass is 16.6. The van der Waals surface area contributed by atoms with Crippen LogP contribution in [0.1, 0.15) is 51.5 Å². The van der Waals surface area contributed by atoms with Gasteiger partial charge < -0.3 is 4.74 Å². The minimum absolute atomic E-state index is 0.0589. The lowest BCUT2D eigenvalue weighted by molar-refractivity contribution is -0.129. The van der Waals surface area contributed by atoms with E-state index >= 15 is 0 Å². The zero-order chi connectivity index (χ0) is 16.4. The maximum absolute atomic E-state index is 11.9. The highest BCUT2D eigenvalue weighted by Crippen LogP contribution is 2.14. The van der Waals surface area contributed by atoms with E-state index in [2.05, 4.69) is 6.92 Å². The van der Waals surface area contributed by atoms with Crippen molar-refractivity contribution in [1.29, 1.82) is 0 Å². The van der Waals surface area contributed by atoms with Gasteiger partial charge in [-0.2, -0.15) is 5.06 Å². The Balaban J connectivity index is 2.52. The number of benzene rings is 1. The topological polar surface area (TPSA) is 66.8 Å². The normalized spacial score (nSPS) is 11.8. The lowest BCUT2D eigenvalue weighted by Crippen LogP contribution is -2.39. The Bertz CT molecular complexity index is 461. The molecule has 0 aliphatic carbocycles. The number of hydroxylamine groups is 2. The van der Waals surface area contributed by atoms with Gasteiger partial charge in [-0.15, -0.1) is 0 Å². The third kappa shape index (κ3) is 6.72. The molecule has 0 aliphatic rings. The van der Waals surface area contributed by atoms with E-state index in [0.717, 1.165) is 24.8 Å². The summed E-state index contributed by atoms with van der Waals surface area (Å²) >= 11 is 0. The van der Waals surface area contributed by atoms with Crippen molar-refractivity contribution in [2.75, 3.05) is 0 Å². The van der Waals surface area contributed by atoms with Gasteiger partial charge in [-0.3, -0.25) is 10.0 Å². The molecule has 0 saturated heterocycles. The predicted molar refractivity (Wildman–Crippen MR) is 83.5 cm³/mol. The van der Waals surface area contributed by atoms with Crippen LogP contribution in [0.25, 0.3) is 0 Å². The molecule has 1 aromatic rings. The molecule has 0 spiro atoms. The van der Waals surface area contributed by atoms with E-state index in [1.807, 2.05) is 30.3 Å². The maximum atomic E-state index is 11.9. The zero-order valence-corrected chi connectivity index (χ0v) is 13.3. The van der Waals surface area contributed by atoms with Crippen molar-refractivity contribution in [3.05, 3.63) is 35.9 Å². The molecule has 1 atom stereocenters. The Morgan fingerprint density at radius 2 is 1.91 bits per heavy atom. The van der Waals surface area contributed by atoms with Crippen LogP contribution >= 0.6 is 0 Å². The van der Waals surface area contributed by atoms with Gasteiger partial charge in [0, 0.05) is 6.42 Å². The fourth-order valence-corrected chi connectivity index (χ4v) is 2.21. The molecule has 0 saturated carbocycles. The number of unbranched alkanes of at least 4 members (excludes halogenated alkanes) is 2. The molecule has 1 rings (SSSR count). The van der Waals surface area contributed by atoms with E-state index in [1.54, 1.807) is 0 Å². The van der Waals surface area contributed by atoms with Crippen LogP contribution in [0.3, 0.4) is 0 Å². The molecule has 5 heteroatoms. The van der Waals surface area contributed by atoms with E-state index < -0.39 is 12.1 Å². The number of amides is 1. The molecule has 0 fully saturated rings. The summed E-state index contributed by atoms with van der Waals surface area (Å²) in [4.78, 5) is 23.2. The molecule has 1 amide bonds. The molecule has 0 aliphatic heterocycles. The average molecular weight is 307 g/mol. The standard InChI is InChI=1S/C17H25NO4/c1-3-4-6-11-16(12-14(2)19)18(21)17(20)22-13-15-9-7-5-8-10-15/h5,7-10,16,21H,3-4,6,11-13H2,1-2H3. The first-order valence-electron chi connectivity index (χ1n) is 7.72. The van der Waals surface area contributed by atoms with Gasteiger partial charge >= 0.3 is 6.09 Å². The molecular weight excluding hydrogens is 282 g/mol. The number of Topliss-reactive ketones (excluding diaryl/α,β-unsaturated/α-hetero) is 1. The van der Waals surface area contributed by atoms with Gasteiger partial charge in [0.25, 0.3) is 0 Å². The van der Waals surface area contributed by atoms with Crippen molar-refractivity contribution in [3.8, 4) is 0 Å². The Labute approximate surface area is 131 Å². The van der Waals surface area contributed by atoms with Gasteiger partial charge in [-0.25, -0.2) is 4.79 Å². The van der Waals surface area contributed by atoms with Crippen LogP contribution < -0.4 is 0 Å². The number of rotatable bonds is 9. The van der Waals surface area contributed by atoms with Crippen LogP contribution in [-0.2, 0) is 16.1 Å². The Kier molecular flexibility index (Phi) is 8.22. The molecule has 1 N–H and O–H groups in total. The summed E-state index contributed by atoms with van der Waals surface area (Å²) in [6.45, 7) is 3.62. The number of ether oxygens (including phenoxy) is 1. The Hall–Kier alpha value is -1.88. The lowest BCUT2D eigenvalue weighted by atomic mass is 10.0. The third-order valence-electron chi connectivity index (χ3n) is 3.40. The third-order valence-corrected chi connectivity index (χ3v) is 3.40. The van der Waals surface area contributed by atoms with E-state index in [1.165, 1.54) is 6.92 Å². The molecule has 122 valence electrons. The molecule has 5 nitrogen and oxygen atoms in total. The smallest absolute Gasteiger partial charge is 0.434 e. The van der Waals surface area contributed by atoms with Gasteiger partial charge in [0.1, 0.15) is 12.4 Å². The second-order valence-electron chi connectivity index (χ2n) is 5.44. The second kappa shape index (κ2) is 9.95. The summed E-state index contributed by atoms with van der Waals surface area (Å²) in [5.74, 6) is -0.0589. The summed E-state index contributed by atoms with van der Waals surface area (Å²) in [5.41, 5.74) is 0.846. The lowest BCUT2D eigenvalue weighted by Gasteiger charge is -2.24. The minimum atomic E-state index is -0.813. The predicted octanol–water partition coefficient (Wildman–Crippen LogP) is 3.94. The van der Waals surface area contributed by atoms with Gasteiger partial charge in [0.05, 0.1) is 6.04 Å². The quantitative estimate of drug-likeness (QED) is 0.426. The van der Waals surface area contributed by atoms with Crippen LogP contribution in [0, 0.1) is 0 Å². The highest BCUT2D eigenvalue weighted by Gasteiger charge is 2.24. The zero-order valence-electron chi connectivity index (χ0n) is 13.3. The summed E-state index contributed by atoms with van der Waals surface area (Å²) in [7, 11) is 0. The van der Waals surface area contributed by atoms with Gasteiger partial charge in [0.15, 0.2) is 0 Å². The van der Waals surface area contributed by atoms with Crippen LogP contribution in [0.4, 0.5) is 4.79 Å².